The average Bonchev–Trinajstić information content (AvgIpc) is 3.36. The highest BCUT2D eigenvalue weighted by Gasteiger charge is 2.22. The summed E-state index contributed by atoms with van der Waals surface area (Å²) in [4.78, 5) is 8.28. The number of fused-ring (bicyclic) bond motifs is 1. The van der Waals surface area contributed by atoms with Gasteiger partial charge in [-0.2, -0.15) is 5.26 Å². The van der Waals surface area contributed by atoms with E-state index in [1.165, 1.54) is 5.56 Å². The summed E-state index contributed by atoms with van der Waals surface area (Å²) in [5.41, 5.74) is 6.07. The Morgan fingerprint density at radius 3 is 2.58 bits per heavy atom. The zero-order valence-electron chi connectivity index (χ0n) is 17.6. The molecule has 31 heavy (non-hydrogen) atoms. The van der Waals surface area contributed by atoms with E-state index in [4.69, 9.17) is 9.72 Å². The van der Waals surface area contributed by atoms with Crippen LogP contribution in [0.4, 0.5) is 5.69 Å². The van der Waals surface area contributed by atoms with Crippen LogP contribution in [0.15, 0.2) is 59.9 Å². The van der Waals surface area contributed by atoms with Crippen LogP contribution in [-0.2, 0) is 11.8 Å². The fraction of sp³-hybridized carbons (Fsp3) is 0.250. The molecule has 0 unspecified atom stereocenters. The van der Waals surface area contributed by atoms with Crippen molar-refractivity contribution in [2.24, 2.45) is 7.05 Å². The second-order valence-electron chi connectivity index (χ2n) is 7.74. The predicted octanol–water partition coefficient (Wildman–Crippen LogP) is 4.61. The van der Waals surface area contributed by atoms with Crippen LogP contribution in [0.1, 0.15) is 11.3 Å². The molecule has 3 aromatic heterocycles. The predicted molar refractivity (Wildman–Crippen MR) is 124 cm³/mol. The van der Waals surface area contributed by atoms with E-state index < -0.39 is 0 Å². The smallest absolute Gasteiger partial charge is 0.152 e. The third-order valence-electron chi connectivity index (χ3n) is 5.64. The van der Waals surface area contributed by atoms with E-state index in [1.807, 2.05) is 30.1 Å². The number of ether oxygens (including phenoxy) is 1. The molecule has 0 bridgehead atoms. The van der Waals surface area contributed by atoms with Crippen LogP contribution in [0, 0.1) is 18.3 Å². The highest BCUT2D eigenvalue weighted by molar-refractivity contribution is 7.98. The number of benzene rings is 1. The van der Waals surface area contributed by atoms with Crippen LogP contribution in [0.2, 0.25) is 0 Å². The molecule has 6 nitrogen and oxygen atoms in total. The van der Waals surface area contributed by atoms with Gasteiger partial charge in [0.25, 0.3) is 0 Å². The number of pyridine rings is 1. The van der Waals surface area contributed by atoms with Gasteiger partial charge in [-0.1, -0.05) is 17.7 Å². The minimum atomic E-state index is 0.638. The molecule has 1 fully saturated rings. The maximum Gasteiger partial charge on any atom is 0.152 e. The molecule has 7 heteroatoms. The first-order chi connectivity index (χ1) is 15.1. The lowest BCUT2D eigenvalue weighted by atomic mass is 10.1. The maximum absolute atomic E-state index is 9.46. The summed E-state index contributed by atoms with van der Waals surface area (Å²) in [6, 6.07) is 14.8. The van der Waals surface area contributed by atoms with Crippen molar-refractivity contribution in [1.29, 1.82) is 5.26 Å². The molecule has 0 aliphatic carbocycles. The van der Waals surface area contributed by atoms with E-state index in [9.17, 15) is 5.26 Å². The van der Waals surface area contributed by atoms with Crippen LogP contribution in [0.5, 0.6) is 0 Å². The lowest BCUT2D eigenvalue weighted by Crippen LogP contribution is -2.36. The Hall–Kier alpha value is -3.21. The molecule has 156 valence electrons. The van der Waals surface area contributed by atoms with Gasteiger partial charge in [-0.05, 0) is 43.1 Å². The van der Waals surface area contributed by atoms with Crippen molar-refractivity contribution in [3.8, 4) is 17.2 Å². The molecule has 1 saturated heterocycles. The lowest BCUT2D eigenvalue weighted by Gasteiger charge is -2.29. The van der Waals surface area contributed by atoms with Gasteiger partial charge in [0.1, 0.15) is 11.8 Å². The first-order valence-corrected chi connectivity index (χ1v) is 11.1. The number of hydrogen-bond donors (Lipinski definition) is 0. The number of aryl methyl sites for hydroxylation is 2. The Kier molecular flexibility index (Phi) is 5.18. The van der Waals surface area contributed by atoms with Gasteiger partial charge in [0.15, 0.2) is 5.65 Å². The normalized spacial score (nSPS) is 14.2. The van der Waals surface area contributed by atoms with E-state index >= 15 is 0 Å². The minimum Gasteiger partial charge on any atom is -0.378 e. The van der Waals surface area contributed by atoms with Crippen molar-refractivity contribution >= 4 is 28.7 Å². The average molecular weight is 430 g/mol. The number of rotatable bonds is 4. The molecular weight excluding hydrogens is 406 g/mol. The Labute approximate surface area is 185 Å². The summed E-state index contributed by atoms with van der Waals surface area (Å²) in [6.45, 7) is 5.25. The largest absolute Gasteiger partial charge is 0.378 e. The second kappa shape index (κ2) is 8.14. The molecule has 4 aromatic rings. The molecule has 0 spiro atoms. The summed E-state index contributed by atoms with van der Waals surface area (Å²) >= 11 is 1.65. The summed E-state index contributed by atoms with van der Waals surface area (Å²) in [5.74, 6) is 0. The fourth-order valence-corrected chi connectivity index (χ4v) is 4.87. The SMILES string of the molecule is Cc1ccc(Sn2cc(-c3cc(C#N)n(C)c3)c3c(N4CCOCC4)ccnc32)cc1. The summed E-state index contributed by atoms with van der Waals surface area (Å²) in [7, 11) is 1.91. The number of morpholine rings is 1. The molecule has 0 amide bonds. The lowest BCUT2D eigenvalue weighted by molar-refractivity contribution is 0.123. The third-order valence-corrected chi connectivity index (χ3v) is 6.60. The first kappa shape index (κ1) is 19.7. The Bertz CT molecular complexity index is 1280. The number of nitrogens with zero attached hydrogens (tertiary/aromatic N) is 5. The van der Waals surface area contributed by atoms with Crippen molar-refractivity contribution in [3.05, 3.63) is 66.2 Å². The molecule has 1 aromatic carbocycles. The van der Waals surface area contributed by atoms with Gasteiger partial charge in [0.2, 0.25) is 0 Å². The Morgan fingerprint density at radius 1 is 1.10 bits per heavy atom. The van der Waals surface area contributed by atoms with Crippen molar-refractivity contribution in [2.45, 2.75) is 11.8 Å². The van der Waals surface area contributed by atoms with Crippen molar-refractivity contribution in [1.82, 2.24) is 13.5 Å². The van der Waals surface area contributed by atoms with E-state index in [1.54, 1.807) is 11.9 Å². The topological polar surface area (TPSA) is 59.0 Å². The van der Waals surface area contributed by atoms with Crippen molar-refractivity contribution < 1.29 is 4.74 Å². The fourth-order valence-electron chi connectivity index (χ4n) is 4.00. The monoisotopic (exact) mass is 429 g/mol. The molecule has 0 atom stereocenters. The highest BCUT2D eigenvalue weighted by Crippen LogP contribution is 2.40. The highest BCUT2D eigenvalue weighted by atomic mass is 32.2. The van der Waals surface area contributed by atoms with Gasteiger partial charge in [-0.3, -0.25) is 3.97 Å². The minimum absolute atomic E-state index is 0.638. The van der Waals surface area contributed by atoms with Crippen LogP contribution < -0.4 is 4.90 Å². The molecule has 0 N–H and O–H groups in total. The molecule has 0 radical (unpaired) electrons. The van der Waals surface area contributed by atoms with Crippen LogP contribution in [0.3, 0.4) is 0 Å². The van der Waals surface area contributed by atoms with E-state index in [0.717, 1.165) is 59.0 Å². The van der Waals surface area contributed by atoms with Gasteiger partial charge in [-0.25, -0.2) is 4.98 Å². The number of nitriles is 1. The van der Waals surface area contributed by atoms with E-state index in [-0.39, 0.29) is 0 Å². The summed E-state index contributed by atoms with van der Waals surface area (Å²) in [6.07, 6.45) is 6.04. The molecule has 1 aliphatic heterocycles. The van der Waals surface area contributed by atoms with Gasteiger partial charge < -0.3 is 14.2 Å². The molecular formula is C24H23N5OS. The van der Waals surface area contributed by atoms with Gasteiger partial charge in [0.05, 0.1) is 24.3 Å². The summed E-state index contributed by atoms with van der Waals surface area (Å²) in [5, 5.41) is 10.6. The van der Waals surface area contributed by atoms with E-state index in [0.29, 0.717) is 5.69 Å². The van der Waals surface area contributed by atoms with Crippen LogP contribution in [-0.4, -0.2) is 39.8 Å². The molecule has 4 heterocycles. The number of aromatic nitrogens is 3. The Morgan fingerprint density at radius 2 is 1.87 bits per heavy atom. The van der Waals surface area contributed by atoms with Gasteiger partial charge in [0, 0.05) is 54.8 Å². The maximum atomic E-state index is 9.46. The molecule has 0 saturated carbocycles. The zero-order valence-corrected chi connectivity index (χ0v) is 18.4. The third kappa shape index (κ3) is 3.69. The van der Waals surface area contributed by atoms with Gasteiger partial charge >= 0.3 is 0 Å². The molecule has 1 aliphatic rings. The number of anilines is 1. The standard InChI is InChI=1S/C24H23N5OS/c1-17-3-5-20(6-4-17)31-29-16-21(18-13-19(14-25)27(2)15-18)23-22(7-8-26-24(23)29)28-9-11-30-12-10-28/h3-8,13,15-16H,9-12H2,1-2H3. The number of hydrogen-bond acceptors (Lipinski definition) is 5. The van der Waals surface area contributed by atoms with Crippen LogP contribution >= 0.6 is 11.9 Å². The molecule has 5 rings (SSSR count). The zero-order chi connectivity index (χ0) is 21.4. The van der Waals surface area contributed by atoms with E-state index in [2.05, 4.69) is 58.4 Å². The Balaban J connectivity index is 1.69. The summed E-state index contributed by atoms with van der Waals surface area (Å²) < 4.78 is 9.58. The van der Waals surface area contributed by atoms with Crippen molar-refractivity contribution in [2.75, 3.05) is 31.2 Å². The van der Waals surface area contributed by atoms with Crippen molar-refractivity contribution in [3.63, 3.8) is 0 Å². The first-order valence-electron chi connectivity index (χ1n) is 10.3. The van der Waals surface area contributed by atoms with Crippen LogP contribution in [0.25, 0.3) is 22.2 Å². The quantitative estimate of drug-likeness (QED) is 0.474. The van der Waals surface area contributed by atoms with Gasteiger partial charge in [-0.15, -0.1) is 0 Å². The second-order valence-corrected chi connectivity index (χ2v) is 8.79.